The quantitative estimate of drug-likeness (QED) is 0.807. The first kappa shape index (κ1) is 17.7. The van der Waals surface area contributed by atoms with Crippen LogP contribution in [0.1, 0.15) is 12.0 Å². The molecule has 1 saturated heterocycles. The molecule has 0 unspecified atom stereocenters. The second-order valence-electron chi connectivity index (χ2n) is 5.75. The summed E-state index contributed by atoms with van der Waals surface area (Å²) in [5.41, 5.74) is 5.08. The highest BCUT2D eigenvalue weighted by Gasteiger charge is 2.38. The SMILES string of the molecule is COC[C@]1(CC(N)=O)CN(Cc2cccc(OC)c2F)CCO1. The summed E-state index contributed by atoms with van der Waals surface area (Å²) in [7, 11) is 2.99. The predicted octanol–water partition coefficient (Wildman–Crippen LogP) is 0.927. The van der Waals surface area contributed by atoms with Gasteiger partial charge in [-0.1, -0.05) is 12.1 Å². The van der Waals surface area contributed by atoms with Gasteiger partial charge in [0.1, 0.15) is 5.60 Å². The number of ether oxygens (including phenoxy) is 3. The van der Waals surface area contributed by atoms with E-state index in [9.17, 15) is 9.18 Å². The van der Waals surface area contributed by atoms with Gasteiger partial charge < -0.3 is 19.9 Å². The van der Waals surface area contributed by atoms with E-state index in [1.807, 2.05) is 4.90 Å². The third kappa shape index (κ3) is 4.40. The van der Waals surface area contributed by atoms with Gasteiger partial charge in [-0.2, -0.15) is 0 Å². The summed E-state index contributed by atoms with van der Waals surface area (Å²) in [4.78, 5) is 13.4. The third-order valence-corrected chi connectivity index (χ3v) is 3.89. The maximum Gasteiger partial charge on any atom is 0.220 e. The zero-order chi connectivity index (χ0) is 16.9. The molecule has 0 radical (unpaired) electrons. The fraction of sp³-hybridized carbons (Fsp3) is 0.562. The fourth-order valence-corrected chi connectivity index (χ4v) is 2.96. The van der Waals surface area contributed by atoms with E-state index in [4.69, 9.17) is 19.9 Å². The lowest BCUT2D eigenvalue weighted by atomic mass is 9.97. The monoisotopic (exact) mass is 326 g/mol. The number of hydrogen-bond acceptors (Lipinski definition) is 5. The molecule has 128 valence electrons. The molecule has 1 atom stereocenters. The minimum atomic E-state index is -0.784. The second-order valence-corrected chi connectivity index (χ2v) is 5.75. The lowest BCUT2D eigenvalue weighted by Crippen LogP contribution is -2.55. The average Bonchev–Trinajstić information content (AvgIpc) is 2.49. The second kappa shape index (κ2) is 7.72. The number of hydrogen-bond donors (Lipinski definition) is 1. The molecule has 1 aromatic rings. The molecule has 7 heteroatoms. The van der Waals surface area contributed by atoms with Crippen molar-refractivity contribution in [2.75, 3.05) is 40.5 Å². The van der Waals surface area contributed by atoms with Gasteiger partial charge in [0, 0.05) is 32.3 Å². The molecule has 1 amide bonds. The molecular weight excluding hydrogens is 303 g/mol. The van der Waals surface area contributed by atoms with Crippen molar-refractivity contribution in [3.63, 3.8) is 0 Å². The Kier molecular flexibility index (Phi) is 5.92. The molecule has 1 heterocycles. The van der Waals surface area contributed by atoms with Crippen LogP contribution >= 0.6 is 0 Å². The van der Waals surface area contributed by atoms with Gasteiger partial charge in [-0.15, -0.1) is 0 Å². The lowest BCUT2D eigenvalue weighted by molar-refractivity contribution is -0.154. The number of primary amides is 1. The van der Waals surface area contributed by atoms with Crippen LogP contribution in [0.15, 0.2) is 18.2 Å². The molecule has 0 aliphatic carbocycles. The predicted molar refractivity (Wildman–Crippen MR) is 82.6 cm³/mol. The largest absolute Gasteiger partial charge is 0.494 e. The Hall–Kier alpha value is -1.70. The molecular formula is C16H23FN2O4. The minimum absolute atomic E-state index is 0.0674. The first-order valence-corrected chi connectivity index (χ1v) is 7.44. The molecule has 0 saturated carbocycles. The van der Waals surface area contributed by atoms with E-state index in [0.717, 1.165) is 0 Å². The van der Waals surface area contributed by atoms with E-state index in [1.165, 1.54) is 7.11 Å². The number of nitrogens with zero attached hydrogens (tertiary/aromatic N) is 1. The van der Waals surface area contributed by atoms with Crippen molar-refractivity contribution in [3.8, 4) is 5.75 Å². The topological polar surface area (TPSA) is 74.0 Å². The van der Waals surface area contributed by atoms with Gasteiger partial charge in [0.05, 0.1) is 26.7 Å². The number of halogens is 1. The number of morpholine rings is 1. The van der Waals surface area contributed by atoms with E-state index >= 15 is 0 Å². The zero-order valence-corrected chi connectivity index (χ0v) is 13.5. The van der Waals surface area contributed by atoms with Crippen molar-refractivity contribution < 1.29 is 23.4 Å². The third-order valence-electron chi connectivity index (χ3n) is 3.89. The maximum atomic E-state index is 14.3. The standard InChI is InChI=1S/C16H23FN2O4/c1-21-11-16(8-14(18)20)10-19(6-7-23-16)9-12-4-3-5-13(22-2)15(12)17/h3-5H,6-11H2,1-2H3,(H2,18,20)/t16-/m0/s1. The Morgan fingerprint density at radius 1 is 1.48 bits per heavy atom. The van der Waals surface area contributed by atoms with Crippen LogP contribution in [0.4, 0.5) is 4.39 Å². The number of nitrogens with two attached hydrogens (primary N) is 1. The molecule has 2 N–H and O–H groups in total. The van der Waals surface area contributed by atoms with Crippen molar-refractivity contribution in [2.24, 2.45) is 5.73 Å². The van der Waals surface area contributed by atoms with Gasteiger partial charge in [-0.3, -0.25) is 9.69 Å². The van der Waals surface area contributed by atoms with Gasteiger partial charge >= 0.3 is 0 Å². The Balaban J connectivity index is 2.13. The molecule has 6 nitrogen and oxygen atoms in total. The number of methoxy groups -OCH3 is 2. The van der Waals surface area contributed by atoms with Crippen LogP contribution in [0.5, 0.6) is 5.75 Å². The molecule has 0 spiro atoms. The van der Waals surface area contributed by atoms with E-state index in [-0.39, 0.29) is 24.6 Å². The van der Waals surface area contributed by atoms with Crippen molar-refractivity contribution in [1.82, 2.24) is 4.90 Å². The van der Waals surface area contributed by atoms with Crippen molar-refractivity contribution in [1.29, 1.82) is 0 Å². The highest BCUT2D eigenvalue weighted by molar-refractivity contribution is 5.75. The van der Waals surface area contributed by atoms with Crippen LogP contribution in [0.2, 0.25) is 0 Å². The molecule has 2 rings (SSSR count). The van der Waals surface area contributed by atoms with Gasteiger partial charge in [-0.05, 0) is 6.07 Å². The molecule has 0 bridgehead atoms. The molecule has 1 aliphatic heterocycles. The number of benzene rings is 1. The van der Waals surface area contributed by atoms with Crippen molar-refractivity contribution in [2.45, 2.75) is 18.6 Å². The summed E-state index contributed by atoms with van der Waals surface area (Å²) < 4.78 is 30.3. The first-order valence-electron chi connectivity index (χ1n) is 7.44. The Labute approximate surface area is 135 Å². The number of amides is 1. The van der Waals surface area contributed by atoms with Crippen LogP contribution in [-0.4, -0.2) is 56.9 Å². The van der Waals surface area contributed by atoms with Gasteiger partial charge in [-0.25, -0.2) is 4.39 Å². The lowest BCUT2D eigenvalue weighted by Gasteiger charge is -2.41. The molecule has 1 aromatic carbocycles. The Bertz CT molecular complexity index is 551. The molecule has 0 aromatic heterocycles. The normalized spacial score (nSPS) is 22.0. The van der Waals surface area contributed by atoms with Gasteiger partial charge in [0.2, 0.25) is 5.91 Å². The molecule has 23 heavy (non-hydrogen) atoms. The Morgan fingerprint density at radius 2 is 2.26 bits per heavy atom. The summed E-state index contributed by atoms with van der Waals surface area (Å²) in [5.74, 6) is -0.596. The van der Waals surface area contributed by atoms with Crippen molar-refractivity contribution >= 4 is 5.91 Å². The molecule has 1 fully saturated rings. The highest BCUT2D eigenvalue weighted by Crippen LogP contribution is 2.26. The summed E-state index contributed by atoms with van der Waals surface area (Å²) >= 11 is 0. The maximum absolute atomic E-state index is 14.3. The number of carbonyl (C=O) groups is 1. The van der Waals surface area contributed by atoms with E-state index in [2.05, 4.69) is 0 Å². The summed E-state index contributed by atoms with van der Waals surface area (Å²) in [5, 5.41) is 0. The summed E-state index contributed by atoms with van der Waals surface area (Å²) in [6, 6.07) is 5.06. The van der Waals surface area contributed by atoms with Crippen LogP contribution in [0, 0.1) is 5.82 Å². The fourth-order valence-electron chi connectivity index (χ4n) is 2.96. The first-order chi connectivity index (χ1) is 11.0. The summed E-state index contributed by atoms with van der Waals surface area (Å²) in [6.07, 6.45) is 0.0674. The summed E-state index contributed by atoms with van der Waals surface area (Å²) in [6.45, 7) is 2.17. The average molecular weight is 326 g/mol. The van der Waals surface area contributed by atoms with Gasteiger partial charge in [0.15, 0.2) is 11.6 Å². The van der Waals surface area contributed by atoms with E-state index in [1.54, 1.807) is 25.3 Å². The van der Waals surface area contributed by atoms with Crippen LogP contribution in [-0.2, 0) is 20.8 Å². The smallest absolute Gasteiger partial charge is 0.220 e. The minimum Gasteiger partial charge on any atom is -0.494 e. The Morgan fingerprint density at radius 3 is 2.91 bits per heavy atom. The van der Waals surface area contributed by atoms with E-state index in [0.29, 0.717) is 31.8 Å². The van der Waals surface area contributed by atoms with Crippen molar-refractivity contribution in [3.05, 3.63) is 29.6 Å². The zero-order valence-electron chi connectivity index (χ0n) is 13.5. The van der Waals surface area contributed by atoms with Crippen LogP contribution < -0.4 is 10.5 Å². The number of rotatable bonds is 7. The number of carbonyl (C=O) groups excluding carboxylic acids is 1. The van der Waals surface area contributed by atoms with Gasteiger partial charge in [0.25, 0.3) is 0 Å². The van der Waals surface area contributed by atoms with Crippen LogP contribution in [0.25, 0.3) is 0 Å². The van der Waals surface area contributed by atoms with E-state index < -0.39 is 11.5 Å². The highest BCUT2D eigenvalue weighted by atomic mass is 19.1. The van der Waals surface area contributed by atoms with Crippen LogP contribution in [0.3, 0.4) is 0 Å². The molecule has 1 aliphatic rings.